The fourth-order valence-corrected chi connectivity index (χ4v) is 2.95. The average molecular weight is 446 g/mol. The Morgan fingerprint density at radius 2 is 1.68 bits per heavy atom. The van der Waals surface area contributed by atoms with Crippen LogP contribution in [-0.4, -0.2) is 30.2 Å². The van der Waals surface area contributed by atoms with E-state index >= 15 is 0 Å². The van der Waals surface area contributed by atoms with Crippen LogP contribution in [0.1, 0.15) is 42.9 Å². The second-order valence-electron chi connectivity index (χ2n) is 7.20. The van der Waals surface area contributed by atoms with Crippen LogP contribution in [0.15, 0.2) is 42.1 Å². The third kappa shape index (κ3) is 7.98. The van der Waals surface area contributed by atoms with Gasteiger partial charge in [0.1, 0.15) is 17.2 Å². The van der Waals surface area contributed by atoms with Crippen molar-refractivity contribution in [2.75, 3.05) is 13.2 Å². The molecule has 0 aromatic heterocycles. The number of nitrogens with one attached hydrogen (secondary N) is 1. The molecule has 0 radical (unpaired) electrons. The third-order valence-electron chi connectivity index (χ3n) is 4.49. The van der Waals surface area contributed by atoms with Crippen LogP contribution in [0, 0.1) is 13.8 Å². The average Bonchev–Trinajstić information content (AvgIpc) is 2.74. The first-order valence-electron chi connectivity index (χ1n) is 10.2. The highest BCUT2D eigenvalue weighted by Gasteiger charge is 2.13. The SMILES string of the molecule is CCCCCOc1ccc(/C=C(/NC(=O)COc2cc(C)c(Cl)c(C)c2)C(=O)O)cc1. The largest absolute Gasteiger partial charge is 0.494 e. The number of hydrogen-bond acceptors (Lipinski definition) is 4. The first-order chi connectivity index (χ1) is 14.8. The normalized spacial score (nSPS) is 11.2. The fraction of sp³-hybridized carbons (Fsp3) is 0.333. The highest BCUT2D eigenvalue weighted by molar-refractivity contribution is 6.32. The van der Waals surface area contributed by atoms with Crippen LogP contribution in [0.25, 0.3) is 6.08 Å². The van der Waals surface area contributed by atoms with Crippen molar-refractivity contribution in [1.29, 1.82) is 0 Å². The van der Waals surface area contributed by atoms with Gasteiger partial charge >= 0.3 is 5.97 Å². The van der Waals surface area contributed by atoms with Gasteiger partial charge in [0, 0.05) is 5.02 Å². The fourth-order valence-electron chi connectivity index (χ4n) is 2.84. The molecular formula is C24H28ClNO5. The van der Waals surface area contributed by atoms with Gasteiger partial charge in [0.15, 0.2) is 6.61 Å². The van der Waals surface area contributed by atoms with E-state index in [0.717, 1.165) is 36.1 Å². The van der Waals surface area contributed by atoms with Gasteiger partial charge in [0.2, 0.25) is 0 Å². The van der Waals surface area contributed by atoms with Crippen molar-refractivity contribution < 1.29 is 24.2 Å². The van der Waals surface area contributed by atoms with E-state index in [2.05, 4.69) is 12.2 Å². The number of hydrogen-bond donors (Lipinski definition) is 2. The van der Waals surface area contributed by atoms with Gasteiger partial charge in [0.25, 0.3) is 5.91 Å². The van der Waals surface area contributed by atoms with Gasteiger partial charge in [-0.05, 0) is 67.3 Å². The molecule has 2 aromatic carbocycles. The van der Waals surface area contributed by atoms with E-state index in [9.17, 15) is 14.7 Å². The van der Waals surface area contributed by atoms with E-state index in [0.29, 0.717) is 22.9 Å². The Labute approximate surface area is 187 Å². The van der Waals surface area contributed by atoms with Crippen molar-refractivity contribution in [1.82, 2.24) is 5.32 Å². The number of halogens is 1. The summed E-state index contributed by atoms with van der Waals surface area (Å²) in [5, 5.41) is 12.5. The van der Waals surface area contributed by atoms with Crippen molar-refractivity contribution in [2.45, 2.75) is 40.0 Å². The van der Waals surface area contributed by atoms with E-state index in [1.807, 2.05) is 13.8 Å². The molecule has 31 heavy (non-hydrogen) atoms. The molecule has 0 aliphatic rings. The smallest absolute Gasteiger partial charge is 0.352 e. The molecule has 0 heterocycles. The highest BCUT2D eigenvalue weighted by Crippen LogP contribution is 2.25. The van der Waals surface area contributed by atoms with E-state index < -0.39 is 11.9 Å². The molecule has 0 unspecified atom stereocenters. The number of carboxylic acid groups (broad SMARTS) is 1. The number of benzene rings is 2. The Hall–Kier alpha value is -2.99. The Balaban J connectivity index is 1.96. The number of carbonyl (C=O) groups excluding carboxylic acids is 1. The second kappa shape index (κ2) is 12.0. The van der Waals surface area contributed by atoms with E-state index in [4.69, 9.17) is 21.1 Å². The standard InChI is InChI=1S/C24H28ClNO5/c1-4-5-6-11-30-19-9-7-18(8-10-19)14-21(24(28)29)26-22(27)15-31-20-12-16(2)23(25)17(3)13-20/h7-10,12-14H,4-6,11,15H2,1-3H3,(H,26,27)(H,28,29)/b21-14+. The van der Waals surface area contributed by atoms with Gasteiger partial charge in [-0.2, -0.15) is 0 Å². The van der Waals surface area contributed by atoms with Gasteiger partial charge < -0.3 is 19.9 Å². The van der Waals surface area contributed by atoms with Gasteiger partial charge in [-0.15, -0.1) is 0 Å². The van der Waals surface area contributed by atoms with Crippen molar-refractivity contribution in [3.63, 3.8) is 0 Å². The number of unbranched alkanes of at least 4 members (excludes halogenated alkanes) is 2. The zero-order valence-corrected chi connectivity index (χ0v) is 18.8. The highest BCUT2D eigenvalue weighted by atomic mass is 35.5. The molecule has 2 N–H and O–H groups in total. The number of rotatable bonds is 11. The molecule has 0 aliphatic heterocycles. The second-order valence-corrected chi connectivity index (χ2v) is 7.57. The predicted octanol–water partition coefficient (Wildman–Crippen LogP) is 5.15. The molecule has 166 valence electrons. The van der Waals surface area contributed by atoms with Crippen molar-refractivity contribution in [2.24, 2.45) is 0 Å². The van der Waals surface area contributed by atoms with Crippen LogP contribution in [0.5, 0.6) is 11.5 Å². The lowest BCUT2D eigenvalue weighted by Crippen LogP contribution is -2.31. The van der Waals surface area contributed by atoms with Crippen LogP contribution in [0.2, 0.25) is 5.02 Å². The summed E-state index contributed by atoms with van der Waals surface area (Å²) in [7, 11) is 0. The van der Waals surface area contributed by atoms with Gasteiger partial charge in [-0.1, -0.05) is 43.5 Å². The molecule has 2 aromatic rings. The molecule has 0 aliphatic carbocycles. The Morgan fingerprint density at radius 3 is 2.26 bits per heavy atom. The molecule has 0 bridgehead atoms. The molecule has 0 atom stereocenters. The molecule has 0 fully saturated rings. The van der Waals surface area contributed by atoms with Gasteiger partial charge in [-0.25, -0.2) is 4.79 Å². The maximum Gasteiger partial charge on any atom is 0.352 e. The Bertz CT molecular complexity index is 914. The lowest BCUT2D eigenvalue weighted by molar-refractivity contribution is -0.134. The van der Waals surface area contributed by atoms with Crippen molar-refractivity contribution in [3.8, 4) is 11.5 Å². The lowest BCUT2D eigenvalue weighted by Gasteiger charge is -2.11. The lowest BCUT2D eigenvalue weighted by atomic mass is 10.1. The summed E-state index contributed by atoms with van der Waals surface area (Å²) < 4.78 is 11.1. The molecule has 2 rings (SSSR count). The first kappa shape index (κ1) is 24.3. The van der Waals surface area contributed by atoms with E-state index in [-0.39, 0.29) is 12.3 Å². The Morgan fingerprint density at radius 1 is 1.03 bits per heavy atom. The number of amides is 1. The number of aryl methyl sites for hydroxylation is 2. The summed E-state index contributed by atoms with van der Waals surface area (Å²) >= 11 is 6.12. The number of carbonyl (C=O) groups is 2. The van der Waals surface area contributed by atoms with Crippen LogP contribution >= 0.6 is 11.6 Å². The molecular weight excluding hydrogens is 418 g/mol. The summed E-state index contributed by atoms with van der Waals surface area (Å²) in [5.74, 6) is -0.609. The zero-order valence-electron chi connectivity index (χ0n) is 18.0. The molecule has 7 heteroatoms. The molecule has 0 saturated carbocycles. The van der Waals surface area contributed by atoms with E-state index in [1.165, 1.54) is 6.08 Å². The molecule has 6 nitrogen and oxygen atoms in total. The number of aliphatic carboxylic acids is 1. The maximum absolute atomic E-state index is 12.2. The summed E-state index contributed by atoms with van der Waals surface area (Å²) in [5.41, 5.74) is 2.05. The maximum atomic E-state index is 12.2. The minimum atomic E-state index is -1.24. The summed E-state index contributed by atoms with van der Waals surface area (Å²) in [6.07, 6.45) is 4.62. The van der Waals surface area contributed by atoms with Gasteiger partial charge in [0.05, 0.1) is 6.61 Å². The van der Waals surface area contributed by atoms with Crippen molar-refractivity contribution in [3.05, 3.63) is 63.8 Å². The van der Waals surface area contributed by atoms with E-state index in [1.54, 1.807) is 36.4 Å². The number of ether oxygens (including phenoxy) is 2. The van der Waals surface area contributed by atoms with Crippen LogP contribution in [-0.2, 0) is 9.59 Å². The van der Waals surface area contributed by atoms with Crippen molar-refractivity contribution >= 4 is 29.6 Å². The summed E-state index contributed by atoms with van der Waals surface area (Å²) in [4.78, 5) is 23.7. The van der Waals surface area contributed by atoms with Crippen LogP contribution in [0.3, 0.4) is 0 Å². The predicted molar refractivity (Wildman–Crippen MR) is 122 cm³/mol. The Kier molecular flexibility index (Phi) is 9.40. The third-order valence-corrected chi connectivity index (χ3v) is 5.09. The van der Waals surface area contributed by atoms with Gasteiger partial charge in [-0.3, -0.25) is 4.79 Å². The number of carboxylic acids is 1. The molecule has 1 amide bonds. The van der Waals surface area contributed by atoms with Crippen LogP contribution in [0.4, 0.5) is 0 Å². The minimum absolute atomic E-state index is 0.242. The summed E-state index contributed by atoms with van der Waals surface area (Å²) in [6, 6.07) is 10.5. The zero-order chi connectivity index (χ0) is 22.8. The summed E-state index contributed by atoms with van der Waals surface area (Å²) in [6.45, 7) is 6.14. The molecule has 0 spiro atoms. The minimum Gasteiger partial charge on any atom is -0.494 e. The van der Waals surface area contributed by atoms with Crippen LogP contribution < -0.4 is 14.8 Å². The quantitative estimate of drug-likeness (QED) is 0.369. The first-order valence-corrected chi connectivity index (χ1v) is 10.5. The monoisotopic (exact) mass is 445 g/mol. The molecule has 0 saturated heterocycles. The topological polar surface area (TPSA) is 84.9 Å².